The Hall–Kier alpha value is -1.15. The quantitative estimate of drug-likeness (QED) is 0.772. The number of carbonyl (C=O) groups is 1. The van der Waals surface area contributed by atoms with E-state index in [0.717, 1.165) is 24.9 Å². The van der Waals surface area contributed by atoms with E-state index < -0.39 is 0 Å². The van der Waals surface area contributed by atoms with Gasteiger partial charge in [0, 0.05) is 18.0 Å². The highest BCUT2D eigenvalue weighted by Gasteiger charge is 2.38. The first-order valence-corrected chi connectivity index (χ1v) is 7.63. The van der Waals surface area contributed by atoms with Gasteiger partial charge in [0.05, 0.1) is 0 Å². The maximum atomic E-state index is 12.6. The van der Waals surface area contributed by atoms with E-state index in [-0.39, 0.29) is 5.92 Å². The van der Waals surface area contributed by atoms with Crippen LogP contribution in [0.15, 0.2) is 24.3 Å². The van der Waals surface area contributed by atoms with E-state index in [2.05, 4.69) is 24.0 Å². The Kier molecular flexibility index (Phi) is 3.69. The molecule has 0 aliphatic carbocycles. The van der Waals surface area contributed by atoms with E-state index in [0.29, 0.717) is 11.7 Å². The Labute approximate surface area is 115 Å². The van der Waals surface area contributed by atoms with Crippen molar-refractivity contribution in [3.63, 3.8) is 0 Å². The van der Waals surface area contributed by atoms with Crippen LogP contribution in [0.2, 0.25) is 0 Å². The molecular weight excluding hydrogens is 234 g/mol. The molecule has 2 nitrogen and oxygen atoms in total. The highest BCUT2D eigenvalue weighted by molar-refractivity contribution is 5.98. The first-order valence-electron chi connectivity index (χ1n) is 7.63. The monoisotopic (exact) mass is 257 g/mol. The van der Waals surface area contributed by atoms with Gasteiger partial charge in [0.2, 0.25) is 0 Å². The van der Waals surface area contributed by atoms with Crippen LogP contribution in [0.3, 0.4) is 0 Å². The summed E-state index contributed by atoms with van der Waals surface area (Å²) in [5.74, 6) is 1.25. The molecule has 1 aromatic rings. The third-order valence-electron chi connectivity index (χ3n) is 4.77. The Morgan fingerprint density at radius 1 is 1.21 bits per heavy atom. The number of piperidine rings is 3. The Morgan fingerprint density at radius 2 is 1.89 bits per heavy atom. The van der Waals surface area contributed by atoms with E-state index in [1.807, 2.05) is 12.1 Å². The second kappa shape index (κ2) is 5.46. The summed E-state index contributed by atoms with van der Waals surface area (Å²) in [7, 11) is 0. The summed E-state index contributed by atoms with van der Waals surface area (Å²) in [6.07, 6.45) is 4.69. The summed E-state index contributed by atoms with van der Waals surface area (Å²) in [6, 6.07) is 8.31. The molecule has 3 aliphatic heterocycles. The predicted molar refractivity (Wildman–Crippen MR) is 77.4 cm³/mol. The van der Waals surface area contributed by atoms with Gasteiger partial charge in [0.25, 0.3) is 0 Å². The van der Waals surface area contributed by atoms with Crippen molar-refractivity contribution < 1.29 is 4.79 Å². The second-order valence-corrected chi connectivity index (χ2v) is 6.06. The molecule has 3 saturated heterocycles. The molecule has 0 saturated carbocycles. The van der Waals surface area contributed by atoms with Gasteiger partial charge in [0.15, 0.2) is 5.78 Å². The standard InChI is InChI=1S/C17H23NO/c1-2-3-13-4-6-15(7-5-13)17(19)16-12-18-10-8-14(16)9-11-18/h4-7,14,16H,2-3,8-12H2,1H3. The zero-order chi connectivity index (χ0) is 13.2. The maximum Gasteiger partial charge on any atom is 0.167 e. The average Bonchev–Trinajstić information content (AvgIpc) is 2.49. The van der Waals surface area contributed by atoms with Crippen LogP contribution in [0, 0.1) is 11.8 Å². The predicted octanol–water partition coefficient (Wildman–Crippen LogP) is 3.16. The van der Waals surface area contributed by atoms with E-state index in [4.69, 9.17) is 0 Å². The Morgan fingerprint density at radius 3 is 2.42 bits per heavy atom. The molecule has 0 spiro atoms. The van der Waals surface area contributed by atoms with E-state index in [9.17, 15) is 4.79 Å². The molecule has 0 amide bonds. The summed E-state index contributed by atoms with van der Waals surface area (Å²) in [4.78, 5) is 15.1. The van der Waals surface area contributed by atoms with Crippen LogP contribution < -0.4 is 0 Å². The SMILES string of the molecule is CCCc1ccc(C(=O)C2CN3CCC2CC3)cc1. The molecule has 1 unspecified atom stereocenters. The summed E-state index contributed by atoms with van der Waals surface area (Å²) >= 11 is 0. The van der Waals surface area contributed by atoms with Crippen molar-refractivity contribution in [2.75, 3.05) is 19.6 Å². The third kappa shape index (κ3) is 2.59. The van der Waals surface area contributed by atoms with Crippen molar-refractivity contribution in [1.29, 1.82) is 0 Å². The van der Waals surface area contributed by atoms with Gasteiger partial charge < -0.3 is 4.90 Å². The minimum absolute atomic E-state index is 0.250. The van der Waals surface area contributed by atoms with Crippen molar-refractivity contribution in [1.82, 2.24) is 4.90 Å². The minimum atomic E-state index is 0.250. The number of rotatable bonds is 4. The van der Waals surface area contributed by atoms with Gasteiger partial charge in [0.1, 0.15) is 0 Å². The zero-order valence-corrected chi connectivity index (χ0v) is 11.8. The molecule has 3 aliphatic rings. The second-order valence-electron chi connectivity index (χ2n) is 6.06. The Bertz CT molecular complexity index is 443. The van der Waals surface area contributed by atoms with E-state index >= 15 is 0 Å². The summed E-state index contributed by atoms with van der Waals surface area (Å²) in [5.41, 5.74) is 2.26. The molecule has 0 N–H and O–H groups in total. The van der Waals surface area contributed by atoms with Gasteiger partial charge in [-0.1, -0.05) is 37.6 Å². The molecule has 1 aromatic carbocycles. The number of nitrogens with zero attached hydrogens (tertiary/aromatic N) is 1. The lowest BCUT2D eigenvalue weighted by Crippen LogP contribution is -2.50. The van der Waals surface area contributed by atoms with Crippen molar-refractivity contribution in [3.8, 4) is 0 Å². The van der Waals surface area contributed by atoms with Crippen LogP contribution >= 0.6 is 0 Å². The van der Waals surface area contributed by atoms with Crippen LogP contribution in [0.4, 0.5) is 0 Å². The van der Waals surface area contributed by atoms with Gasteiger partial charge in [-0.15, -0.1) is 0 Å². The third-order valence-corrected chi connectivity index (χ3v) is 4.77. The molecule has 4 rings (SSSR count). The number of ketones is 1. The summed E-state index contributed by atoms with van der Waals surface area (Å²) in [6.45, 7) is 5.57. The first kappa shape index (κ1) is 12.9. The van der Waals surface area contributed by atoms with Gasteiger partial charge in [-0.25, -0.2) is 0 Å². The summed E-state index contributed by atoms with van der Waals surface area (Å²) < 4.78 is 0. The molecule has 102 valence electrons. The van der Waals surface area contributed by atoms with Crippen LogP contribution in [-0.2, 0) is 6.42 Å². The number of hydrogen-bond donors (Lipinski definition) is 0. The van der Waals surface area contributed by atoms with Gasteiger partial charge >= 0.3 is 0 Å². The molecule has 19 heavy (non-hydrogen) atoms. The summed E-state index contributed by atoms with van der Waals surface area (Å²) in [5, 5.41) is 0. The molecule has 0 aromatic heterocycles. The number of Topliss-reactive ketones (excluding diaryl/α,β-unsaturated/α-hetero) is 1. The molecule has 2 bridgehead atoms. The topological polar surface area (TPSA) is 20.3 Å². The average molecular weight is 257 g/mol. The van der Waals surface area contributed by atoms with Gasteiger partial charge in [-0.05, 0) is 43.8 Å². The number of aryl methyl sites for hydroxylation is 1. The largest absolute Gasteiger partial charge is 0.303 e. The van der Waals surface area contributed by atoms with Crippen molar-refractivity contribution in [3.05, 3.63) is 35.4 Å². The number of benzene rings is 1. The fraction of sp³-hybridized carbons (Fsp3) is 0.588. The normalized spacial score (nSPS) is 29.4. The zero-order valence-electron chi connectivity index (χ0n) is 11.8. The minimum Gasteiger partial charge on any atom is -0.303 e. The van der Waals surface area contributed by atoms with Crippen LogP contribution in [0.5, 0.6) is 0 Å². The number of hydrogen-bond acceptors (Lipinski definition) is 2. The highest BCUT2D eigenvalue weighted by atomic mass is 16.1. The fourth-order valence-corrected chi connectivity index (χ4v) is 3.60. The van der Waals surface area contributed by atoms with Crippen molar-refractivity contribution in [2.45, 2.75) is 32.6 Å². The first-order chi connectivity index (χ1) is 9.28. The van der Waals surface area contributed by atoms with Crippen LogP contribution in [0.25, 0.3) is 0 Å². The van der Waals surface area contributed by atoms with Crippen molar-refractivity contribution >= 4 is 5.78 Å². The molecular formula is C17H23NO. The van der Waals surface area contributed by atoms with Crippen LogP contribution in [0.1, 0.15) is 42.1 Å². The number of fused-ring (bicyclic) bond motifs is 3. The van der Waals surface area contributed by atoms with Crippen LogP contribution in [-0.4, -0.2) is 30.3 Å². The Balaban J connectivity index is 1.73. The van der Waals surface area contributed by atoms with Gasteiger partial charge in [-0.3, -0.25) is 4.79 Å². The lowest BCUT2D eigenvalue weighted by Gasteiger charge is -2.44. The molecule has 3 fully saturated rings. The molecule has 1 atom stereocenters. The smallest absolute Gasteiger partial charge is 0.167 e. The molecule has 2 heteroatoms. The number of carbonyl (C=O) groups excluding carboxylic acids is 1. The highest BCUT2D eigenvalue weighted by Crippen LogP contribution is 2.34. The van der Waals surface area contributed by atoms with Gasteiger partial charge in [-0.2, -0.15) is 0 Å². The fourth-order valence-electron chi connectivity index (χ4n) is 3.60. The van der Waals surface area contributed by atoms with E-state index in [1.54, 1.807) is 0 Å². The lowest BCUT2D eigenvalue weighted by molar-refractivity contribution is 0.0419. The van der Waals surface area contributed by atoms with Crippen molar-refractivity contribution in [2.24, 2.45) is 11.8 Å². The lowest BCUT2D eigenvalue weighted by atomic mass is 9.75. The van der Waals surface area contributed by atoms with E-state index in [1.165, 1.54) is 31.5 Å². The maximum absolute atomic E-state index is 12.6. The molecule has 0 radical (unpaired) electrons. The molecule has 3 heterocycles.